The highest BCUT2D eigenvalue weighted by atomic mass is 35.5. The summed E-state index contributed by atoms with van der Waals surface area (Å²) in [5.41, 5.74) is 3.12. The number of carbonyl (C=O) groups is 2. The fraction of sp³-hybridized carbons (Fsp3) is 0.211. The molecule has 0 aromatic heterocycles. The number of hydrazone groups is 1. The summed E-state index contributed by atoms with van der Waals surface area (Å²) in [5.74, 6) is -0.678. The predicted molar refractivity (Wildman–Crippen MR) is 113 cm³/mol. The maximum absolute atomic E-state index is 12.2. The number of hydrogen-bond donors (Lipinski definition) is 1. The molecule has 30 heavy (non-hydrogen) atoms. The number of benzene rings is 2. The summed E-state index contributed by atoms with van der Waals surface area (Å²) in [7, 11) is -2.47. The van der Waals surface area contributed by atoms with E-state index in [-0.39, 0.29) is 17.3 Å². The standard InChI is InChI=1S/C19H20ClN3O6S/c1-28-19(25)13-29-15-9-7-14(8-10-15)11-21-22-18(24)12-23(30(2,26)27)17-6-4-3-5-16(17)20/h3-11H,12-13H2,1-2H3,(H,22,24)/b21-11-. The first kappa shape index (κ1) is 23.2. The van der Waals surface area contributed by atoms with Gasteiger partial charge in [0, 0.05) is 0 Å². The number of rotatable bonds is 9. The lowest BCUT2D eigenvalue weighted by Gasteiger charge is -2.22. The number of esters is 1. The summed E-state index contributed by atoms with van der Waals surface area (Å²) in [4.78, 5) is 23.2. The lowest BCUT2D eigenvalue weighted by molar-refractivity contribution is -0.142. The van der Waals surface area contributed by atoms with Gasteiger partial charge in [0.05, 0.1) is 30.3 Å². The van der Waals surface area contributed by atoms with Crippen molar-refractivity contribution in [2.45, 2.75) is 0 Å². The van der Waals surface area contributed by atoms with Crippen LogP contribution in [0.1, 0.15) is 5.56 Å². The molecule has 0 radical (unpaired) electrons. The molecule has 0 atom stereocenters. The molecule has 9 nitrogen and oxygen atoms in total. The van der Waals surface area contributed by atoms with Gasteiger partial charge in [-0.15, -0.1) is 0 Å². The molecule has 0 saturated heterocycles. The van der Waals surface area contributed by atoms with Crippen LogP contribution in [0.4, 0.5) is 5.69 Å². The highest BCUT2D eigenvalue weighted by Crippen LogP contribution is 2.26. The van der Waals surface area contributed by atoms with Crippen molar-refractivity contribution in [3.8, 4) is 5.75 Å². The van der Waals surface area contributed by atoms with Crippen molar-refractivity contribution in [1.82, 2.24) is 5.43 Å². The fourth-order valence-corrected chi connectivity index (χ4v) is 3.39. The summed E-state index contributed by atoms with van der Waals surface area (Å²) >= 11 is 6.05. The average Bonchev–Trinajstić information content (AvgIpc) is 2.71. The maximum atomic E-state index is 12.2. The number of carbonyl (C=O) groups excluding carboxylic acids is 2. The van der Waals surface area contributed by atoms with Crippen LogP contribution < -0.4 is 14.5 Å². The zero-order valence-corrected chi connectivity index (χ0v) is 17.8. The average molecular weight is 454 g/mol. The summed E-state index contributed by atoms with van der Waals surface area (Å²) in [6.45, 7) is -0.692. The maximum Gasteiger partial charge on any atom is 0.343 e. The van der Waals surface area contributed by atoms with Crippen LogP contribution in [0.15, 0.2) is 53.6 Å². The van der Waals surface area contributed by atoms with Crippen LogP contribution in [0.3, 0.4) is 0 Å². The fourth-order valence-electron chi connectivity index (χ4n) is 2.23. The number of ether oxygens (including phenoxy) is 2. The van der Waals surface area contributed by atoms with Crippen LogP contribution in [0.5, 0.6) is 5.75 Å². The molecule has 0 aliphatic heterocycles. The molecule has 2 rings (SSSR count). The molecule has 0 fully saturated rings. The van der Waals surface area contributed by atoms with Crippen molar-refractivity contribution in [2.75, 3.05) is 30.8 Å². The molecule has 160 valence electrons. The minimum atomic E-state index is -3.74. The van der Waals surface area contributed by atoms with Crippen molar-refractivity contribution >= 4 is 45.4 Å². The van der Waals surface area contributed by atoms with Gasteiger partial charge in [-0.05, 0) is 42.0 Å². The molecular weight excluding hydrogens is 434 g/mol. The summed E-state index contributed by atoms with van der Waals surface area (Å²) < 4.78 is 34.7. The lowest BCUT2D eigenvalue weighted by atomic mass is 10.2. The molecule has 0 bridgehead atoms. The predicted octanol–water partition coefficient (Wildman–Crippen LogP) is 1.81. The van der Waals surface area contributed by atoms with Crippen LogP contribution in [0.25, 0.3) is 0 Å². The number of amides is 1. The number of halogens is 1. The van der Waals surface area contributed by atoms with Gasteiger partial charge in [-0.25, -0.2) is 18.6 Å². The molecule has 0 saturated carbocycles. The normalized spacial score (nSPS) is 11.2. The van der Waals surface area contributed by atoms with Crippen molar-refractivity contribution in [3.05, 3.63) is 59.1 Å². The topological polar surface area (TPSA) is 114 Å². The van der Waals surface area contributed by atoms with E-state index in [9.17, 15) is 18.0 Å². The molecule has 0 heterocycles. The number of para-hydroxylation sites is 1. The minimum absolute atomic E-state index is 0.198. The van der Waals surface area contributed by atoms with Gasteiger partial charge >= 0.3 is 5.97 Å². The third kappa shape index (κ3) is 7.05. The van der Waals surface area contributed by atoms with Gasteiger partial charge in [0.25, 0.3) is 5.91 Å². The Morgan fingerprint density at radius 3 is 2.43 bits per heavy atom. The van der Waals surface area contributed by atoms with Crippen molar-refractivity contribution in [1.29, 1.82) is 0 Å². The van der Waals surface area contributed by atoms with Crippen LogP contribution in [0, 0.1) is 0 Å². The largest absolute Gasteiger partial charge is 0.482 e. The van der Waals surface area contributed by atoms with E-state index in [0.29, 0.717) is 11.3 Å². The van der Waals surface area contributed by atoms with E-state index in [1.807, 2.05) is 0 Å². The first-order valence-corrected chi connectivity index (χ1v) is 10.8. The third-order valence-corrected chi connectivity index (χ3v) is 5.12. The summed E-state index contributed by atoms with van der Waals surface area (Å²) in [5, 5.41) is 4.02. The first-order chi connectivity index (χ1) is 14.2. The van der Waals surface area contributed by atoms with E-state index in [4.69, 9.17) is 16.3 Å². The van der Waals surface area contributed by atoms with Crippen molar-refractivity contribution in [2.24, 2.45) is 5.10 Å². The summed E-state index contributed by atoms with van der Waals surface area (Å²) in [6.07, 6.45) is 2.36. The quantitative estimate of drug-likeness (QED) is 0.352. The highest BCUT2D eigenvalue weighted by molar-refractivity contribution is 7.92. The van der Waals surface area contributed by atoms with E-state index in [1.54, 1.807) is 36.4 Å². The van der Waals surface area contributed by atoms with Gasteiger partial charge in [0.2, 0.25) is 10.0 Å². The molecule has 0 unspecified atom stereocenters. The smallest absolute Gasteiger partial charge is 0.343 e. The van der Waals surface area contributed by atoms with Crippen molar-refractivity contribution in [3.63, 3.8) is 0 Å². The van der Waals surface area contributed by atoms with Gasteiger partial charge in [-0.3, -0.25) is 9.10 Å². The number of nitrogens with zero attached hydrogens (tertiary/aromatic N) is 2. The van der Waals surface area contributed by atoms with Gasteiger partial charge in [-0.1, -0.05) is 23.7 Å². The zero-order chi connectivity index (χ0) is 22.1. The van der Waals surface area contributed by atoms with Crippen LogP contribution >= 0.6 is 11.6 Å². The molecular formula is C19H20ClN3O6S. The van der Waals surface area contributed by atoms with Gasteiger partial charge < -0.3 is 9.47 Å². The minimum Gasteiger partial charge on any atom is -0.482 e. The molecule has 0 aliphatic carbocycles. The number of anilines is 1. The Bertz CT molecular complexity index is 1020. The molecule has 0 spiro atoms. The lowest BCUT2D eigenvalue weighted by Crippen LogP contribution is -2.39. The van der Waals surface area contributed by atoms with E-state index in [1.165, 1.54) is 25.5 Å². The third-order valence-electron chi connectivity index (χ3n) is 3.68. The molecule has 2 aromatic carbocycles. The van der Waals surface area contributed by atoms with E-state index in [2.05, 4.69) is 15.3 Å². The van der Waals surface area contributed by atoms with Crippen LogP contribution in [-0.2, 0) is 24.3 Å². The molecule has 2 aromatic rings. The number of nitrogens with one attached hydrogen (secondary N) is 1. The van der Waals surface area contributed by atoms with Crippen LogP contribution in [0.2, 0.25) is 5.02 Å². The number of methoxy groups -OCH3 is 1. The monoisotopic (exact) mass is 453 g/mol. The molecule has 11 heteroatoms. The van der Waals surface area contributed by atoms with Gasteiger partial charge in [-0.2, -0.15) is 5.10 Å². The highest BCUT2D eigenvalue weighted by Gasteiger charge is 2.22. The molecule has 0 aliphatic rings. The number of hydrogen-bond acceptors (Lipinski definition) is 7. The Labute approximate surface area is 179 Å². The van der Waals surface area contributed by atoms with Crippen molar-refractivity contribution < 1.29 is 27.5 Å². The van der Waals surface area contributed by atoms with E-state index < -0.39 is 28.4 Å². The Morgan fingerprint density at radius 2 is 1.83 bits per heavy atom. The first-order valence-electron chi connectivity index (χ1n) is 8.54. The van der Waals surface area contributed by atoms with E-state index >= 15 is 0 Å². The Hall–Kier alpha value is -3.11. The SMILES string of the molecule is COC(=O)COc1ccc(/C=N\NC(=O)CN(c2ccccc2Cl)S(C)(=O)=O)cc1. The molecule has 1 amide bonds. The van der Waals surface area contributed by atoms with E-state index in [0.717, 1.165) is 10.6 Å². The van der Waals surface area contributed by atoms with Crippen LogP contribution in [-0.4, -0.2) is 53.0 Å². The zero-order valence-electron chi connectivity index (χ0n) is 16.2. The second kappa shape index (κ2) is 10.6. The van der Waals surface area contributed by atoms with Gasteiger partial charge in [0.1, 0.15) is 12.3 Å². The Morgan fingerprint density at radius 1 is 1.17 bits per heavy atom. The summed E-state index contributed by atoms with van der Waals surface area (Å²) in [6, 6.07) is 12.9. The number of sulfonamides is 1. The van der Waals surface area contributed by atoms with Gasteiger partial charge in [0.15, 0.2) is 6.61 Å². The Kier molecular flexibility index (Phi) is 8.19. The second-order valence-electron chi connectivity index (χ2n) is 5.95. The second-order valence-corrected chi connectivity index (χ2v) is 8.26. The Balaban J connectivity index is 1.96. The molecule has 1 N–H and O–H groups in total.